The van der Waals surface area contributed by atoms with Gasteiger partial charge in [0.05, 0.1) is 5.69 Å². The van der Waals surface area contributed by atoms with Crippen LogP contribution >= 0.6 is 0 Å². The van der Waals surface area contributed by atoms with Crippen LogP contribution in [-0.2, 0) is 6.42 Å². The molecule has 0 bridgehead atoms. The molecule has 25 heavy (non-hydrogen) atoms. The van der Waals surface area contributed by atoms with Crippen molar-refractivity contribution in [1.29, 1.82) is 0 Å². The Kier molecular flexibility index (Phi) is 4.41. The van der Waals surface area contributed by atoms with E-state index in [1.54, 1.807) is 12.4 Å². The van der Waals surface area contributed by atoms with Gasteiger partial charge in [0.2, 0.25) is 0 Å². The molecule has 6 heteroatoms. The minimum atomic E-state index is 0.617. The van der Waals surface area contributed by atoms with Crippen LogP contribution in [0.15, 0.2) is 43.0 Å². The van der Waals surface area contributed by atoms with Gasteiger partial charge < -0.3 is 9.88 Å². The predicted octanol–water partition coefficient (Wildman–Crippen LogP) is 3.03. The highest BCUT2D eigenvalue weighted by atomic mass is 15.2. The van der Waals surface area contributed by atoms with Gasteiger partial charge in [-0.05, 0) is 44.2 Å². The number of rotatable bonds is 4. The number of nitrogens with zero attached hydrogens (tertiary/aromatic N) is 5. The van der Waals surface area contributed by atoms with Crippen LogP contribution in [0.3, 0.4) is 0 Å². The third-order valence-electron chi connectivity index (χ3n) is 4.77. The Morgan fingerprint density at radius 2 is 1.88 bits per heavy atom. The molecule has 0 spiro atoms. The first-order chi connectivity index (χ1) is 12.3. The van der Waals surface area contributed by atoms with Crippen molar-refractivity contribution in [2.75, 3.05) is 18.0 Å². The van der Waals surface area contributed by atoms with Crippen LogP contribution in [-0.4, -0.2) is 38.0 Å². The summed E-state index contributed by atoms with van der Waals surface area (Å²) in [5.74, 6) is 2.50. The number of anilines is 1. The molecule has 0 aromatic carbocycles. The standard InChI is InChI=1S/C19H22N6/c1-14-13-23-19(24-14)18-16(20-8-9-22-18)12-15-5-10-25(11-6-15)17-4-2-3-7-21-17/h2-4,7-9,13,15H,5-6,10-12H2,1H3,(H,23,24). The topological polar surface area (TPSA) is 70.6 Å². The summed E-state index contributed by atoms with van der Waals surface area (Å²) >= 11 is 0. The second-order valence-electron chi connectivity index (χ2n) is 6.59. The third-order valence-corrected chi connectivity index (χ3v) is 4.77. The highest BCUT2D eigenvalue weighted by Gasteiger charge is 2.22. The lowest BCUT2D eigenvalue weighted by molar-refractivity contribution is 0.399. The number of piperidine rings is 1. The van der Waals surface area contributed by atoms with Gasteiger partial charge in [0.1, 0.15) is 11.5 Å². The number of aromatic amines is 1. The Hall–Kier alpha value is -2.76. The zero-order valence-corrected chi connectivity index (χ0v) is 14.4. The monoisotopic (exact) mass is 334 g/mol. The Morgan fingerprint density at radius 1 is 1.04 bits per heavy atom. The molecule has 1 aliphatic heterocycles. The lowest BCUT2D eigenvalue weighted by Gasteiger charge is -2.32. The summed E-state index contributed by atoms with van der Waals surface area (Å²) in [6.45, 7) is 4.08. The normalized spacial score (nSPS) is 15.5. The first-order valence-electron chi connectivity index (χ1n) is 8.77. The SMILES string of the molecule is Cc1cnc(-c2nccnc2CC2CCN(c3ccccn3)CC2)[nH]1. The first-order valence-corrected chi connectivity index (χ1v) is 8.77. The van der Waals surface area contributed by atoms with Crippen molar-refractivity contribution in [2.45, 2.75) is 26.2 Å². The summed E-state index contributed by atoms with van der Waals surface area (Å²) in [6, 6.07) is 6.09. The van der Waals surface area contributed by atoms with Gasteiger partial charge in [0.15, 0.2) is 5.82 Å². The zero-order chi connectivity index (χ0) is 17.1. The maximum absolute atomic E-state index is 4.59. The van der Waals surface area contributed by atoms with Gasteiger partial charge in [-0.25, -0.2) is 15.0 Å². The largest absolute Gasteiger partial charge is 0.357 e. The summed E-state index contributed by atoms with van der Waals surface area (Å²) in [7, 11) is 0. The molecule has 1 N–H and O–H groups in total. The van der Waals surface area contributed by atoms with E-state index in [0.29, 0.717) is 5.92 Å². The highest BCUT2D eigenvalue weighted by Crippen LogP contribution is 2.26. The molecule has 1 aliphatic rings. The molecule has 3 aromatic heterocycles. The second-order valence-corrected chi connectivity index (χ2v) is 6.59. The highest BCUT2D eigenvalue weighted by molar-refractivity contribution is 5.52. The minimum absolute atomic E-state index is 0.617. The van der Waals surface area contributed by atoms with Crippen LogP contribution in [0.2, 0.25) is 0 Å². The number of aromatic nitrogens is 5. The smallest absolute Gasteiger partial charge is 0.158 e. The van der Waals surface area contributed by atoms with Gasteiger partial charge in [-0.2, -0.15) is 0 Å². The van der Waals surface area contributed by atoms with Crippen LogP contribution in [0.1, 0.15) is 24.2 Å². The van der Waals surface area contributed by atoms with E-state index in [1.165, 1.54) is 0 Å². The number of pyridine rings is 1. The second kappa shape index (κ2) is 7.01. The maximum Gasteiger partial charge on any atom is 0.158 e. The number of imidazole rings is 1. The molecular weight excluding hydrogens is 312 g/mol. The summed E-state index contributed by atoms with van der Waals surface area (Å²) in [5.41, 5.74) is 2.95. The number of nitrogens with one attached hydrogen (secondary N) is 1. The van der Waals surface area contributed by atoms with Gasteiger partial charge in [-0.1, -0.05) is 6.07 Å². The van der Waals surface area contributed by atoms with E-state index in [-0.39, 0.29) is 0 Å². The molecule has 0 radical (unpaired) electrons. The first kappa shape index (κ1) is 15.7. The predicted molar refractivity (Wildman–Crippen MR) is 97.2 cm³/mol. The van der Waals surface area contributed by atoms with E-state index >= 15 is 0 Å². The number of hydrogen-bond acceptors (Lipinski definition) is 5. The molecule has 4 rings (SSSR count). The maximum atomic E-state index is 4.59. The van der Waals surface area contributed by atoms with Crippen LogP contribution in [0, 0.1) is 12.8 Å². The Balaban J connectivity index is 1.44. The molecule has 4 heterocycles. The fourth-order valence-corrected chi connectivity index (χ4v) is 3.43. The lowest BCUT2D eigenvalue weighted by atomic mass is 9.91. The van der Waals surface area contributed by atoms with Crippen molar-refractivity contribution >= 4 is 5.82 Å². The number of hydrogen-bond donors (Lipinski definition) is 1. The molecule has 0 aliphatic carbocycles. The van der Waals surface area contributed by atoms with Crippen molar-refractivity contribution in [3.8, 4) is 11.5 Å². The lowest BCUT2D eigenvalue weighted by Crippen LogP contribution is -2.34. The Morgan fingerprint density at radius 3 is 2.60 bits per heavy atom. The molecule has 1 fully saturated rings. The van der Waals surface area contributed by atoms with Crippen molar-refractivity contribution < 1.29 is 0 Å². The molecule has 0 amide bonds. The van der Waals surface area contributed by atoms with Crippen LogP contribution in [0.4, 0.5) is 5.82 Å². The number of H-pyrrole nitrogens is 1. The van der Waals surface area contributed by atoms with Crippen molar-refractivity contribution in [3.63, 3.8) is 0 Å². The average Bonchev–Trinajstić information content (AvgIpc) is 3.10. The van der Waals surface area contributed by atoms with Gasteiger partial charge in [0.25, 0.3) is 0 Å². The third kappa shape index (κ3) is 3.52. The van der Waals surface area contributed by atoms with E-state index in [1.807, 2.05) is 31.5 Å². The molecule has 0 atom stereocenters. The summed E-state index contributed by atoms with van der Waals surface area (Å²) in [5, 5.41) is 0. The van der Waals surface area contributed by atoms with Gasteiger partial charge in [-0.15, -0.1) is 0 Å². The molecular formula is C19H22N6. The van der Waals surface area contributed by atoms with Gasteiger partial charge >= 0.3 is 0 Å². The Labute approximate surface area is 147 Å². The van der Waals surface area contributed by atoms with E-state index in [0.717, 1.165) is 61.1 Å². The fraction of sp³-hybridized carbons (Fsp3) is 0.368. The van der Waals surface area contributed by atoms with E-state index in [9.17, 15) is 0 Å². The van der Waals surface area contributed by atoms with Gasteiger partial charge in [0, 0.05) is 43.6 Å². The van der Waals surface area contributed by atoms with Crippen LogP contribution < -0.4 is 4.90 Å². The molecule has 0 unspecified atom stereocenters. The molecule has 6 nitrogen and oxygen atoms in total. The van der Waals surface area contributed by atoms with Crippen LogP contribution in [0.5, 0.6) is 0 Å². The minimum Gasteiger partial charge on any atom is -0.357 e. The van der Waals surface area contributed by atoms with E-state index in [4.69, 9.17) is 0 Å². The quantitative estimate of drug-likeness (QED) is 0.794. The van der Waals surface area contributed by atoms with E-state index in [2.05, 4.69) is 35.9 Å². The zero-order valence-electron chi connectivity index (χ0n) is 14.4. The van der Waals surface area contributed by atoms with Crippen molar-refractivity contribution in [1.82, 2.24) is 24.9 Å². The van der Waals surface area contributed by atoms with Gasteiger partial charge in [-0.3, -0.25) is 4.98 Å². The molecule has 1 saturated heterocycles. The van der Waals surface area contributed by atoms with E-state index < -0.39 is 0 Å². The average molecular weight is 334 g/mol. The Bertz CT molecular complexity index is 821. The molecule has 3 aromatic rings. The summed E-state index contributed by atoms with van der Waals surface area (Å²) < 4.78 is 0. The molecule has 0 saturated carbocycles. The van der Waals surface area contributed by atoms with Crippen molar-refractivity contribution in [2.24, 2.45) is 5.92 Å². The molecule has 128 valence electrons. The summed E-state index contributed by atoms with van der Waals surface area (Å²) in [4.78, 5) is 23.6. The van der Waals surface area contributed by atoms with Crippen molar-refractivity contribution in [3.05, 3.63) is 54.4 Å². The summed E-state index contributed by atoms with van der Waals surface area (Å²) in [6.07, 6.45) is 10.4. The van der Waals surface area contributed by atoms with Crippen LogP contribution in [0.25, 0.3) is 11.5 Å². The fourth-order valence-electron chi connectivity index (χ4n) is 3.43. The number of aryl methyl sites for hydroxylation is 1.